The van der Waals surface area contributed by atoms with Crippen LogP contribution < -0.4 is 20.7 Å². The average Bonchev–Trinajstić information content (AvgIpc) is 3.02. The number of carbonyl (C=O) groups is 3. The second kappa shape index (κ2) is 13.6. The fourth-order valence-corrected chi connectivity index (χ4v) is 5.61. The van der Waals surface area contributed by atoms with E-state index in [-0.39, 0.29) is 18.1 Å². The number of nitrogens with zero attached hydrogens (tertiary/aromatic N) is 2. The molecule has 0 unspecified atom stereocenters. The van der Waals surface area contributed by atoms with E-state index in [0.717, 1.165) is 29.9 Å². The van der Waals surface area contributed by atoms with Crippen LogP contribution in [0.5, 0.6) is 5.75 Å². The Balaban J connectivity index is 1.36. The molecule has 0 bridgehead atoms. The van der Waals surface area contributed by atoms with Crippen LogP contribution >= 0.6 is 0 Å². The summed E-state index contributed by atoms with van der Waals surface area (Å²) in [6, 6.07) is 18.4. The lowest BCUT2D eigenvalue weighted by molar-refractivity contribution is 0.0126. The number of hydrogen-bond acceptors (Lipinski definition) is 7. The van der Waals surface area contributed by atoms with Crippen LogP contribution in [-0.2, 0) is 9.47 Å². The van der Waals surface area contributed by atoms with Crippen molar-refractivity contribution in [1.82, 2.24) is 4.90 Å². The predicted octanol–water partition coefficient (Wildman–Crippen LogP) is 5.63. The van der Waals surface area contributed by atoms with Gasteiger partial charge in [0.25, 0.3) is 5.91 Å². The molecule has 2 heterocycles. The van der Waals surface area contributed by atoms with Crippen molar-refractivity contribution in [2.45, 2.75) is 52.2 Å². The highest BCUT2D eigenvalue weighted by atomic mass is 16.6. The maximum atomic E-state index is 13.3. The zero-order valence-electron chi connectivity index (χ0n) is 26.4. The molecule has 0 spiro atoms. The first-order chi connectivity index (χ1) is 21.5. The van der Waals surface area contributed by atoms with Gasteiger partial charge in [-0.25, -0.2) is 4.79 Å². The van der Waals surface area contributed by atoms with Crippen molar-refractivity contribution in [3.63, 3.8) is 0 Å². The first-order valence-electron chi connectivity index (χ1n) is 15.4. The van der Waals surface area contributed by atoms with Gasteiger partial charge in [0.1, 0.15) is 17.5 Å². The van der Waals surface area contributed by atoms with Gasteiger partial charge in [-0.05, 0) is 81.3 Å². The van der Waals surface area contributed by atoms with Crippen LogP contribution in [0.3, 0.4) is 0 Å². The molecule has 3 N–H and O–H groups in total. The van der Waals surface area contributed by atoms with Gasteiger partial charge < -0.3 is 35.1 Å². The number of primary amides is 1. The molecule has 2 aliphatic rings. The number of piperidine rings is 1. The predicted molar refractivity (Wildman–Crippen MR) is 174 cm³/mol. The minimum absolute atomic E-state index is 0.174. The monoisotopic (exact) mass is 614 g/mol. The maximum Gasteiger partial charge on any atom is 0.410 e. The Morgan fingerprint density at radius 2 is 1.64 bits per heavy atom. The van der Waals surface area contributed by atoms with E-state index in [4.69, 9.17) is 19.9 Å². The molecule has 0 saturated carbocycles. The minimum Gasteiger partial charge on any atom is -0.490 e. The van der Waals surface area contributed by atoms with Crippen LogP contribution in [-0.4, -0.2) is 73.9 Å². The number of hydrogen-bond donors (Lipinski definition) is 2. The fraction of sp³-hybridized carbons (Fsp3) is 0.400. The van der Waals surface area contributed by atoms with Crippen LogP contribution in [0.15, 0.2) is 60.7 Å². The first kappa shape index (κ1) is 31.8. The first-order valence-corrected chi connectivity index (χ1v) is 15.4. The van der Waals surface area contributed by atoms with Crippen LogP contribution in [0.4, 0.5) is 16.2 Å². The van der Waals surface area contributed by atoms with Crippen molar-refractivity contribution in [3.05, 3.63) is 77.4 Å². The molecular weight excluding hydrogens is 572 g/mol. The topological polar surface area (TPSA) is 123 Å². The SMILES string of the molecule is Cc1ccc(NC(=O)c2cccc(N3CCOCC3)c2)cc1-c1c(OC2CCN(C(=O)OC(C)(C)C)CC2)cccc1C(N)=O. The van der Waals surface area contributed by atoms with Gasteiger partial charge in [-0.15, -0.1) is 0 Å². The highest BCUT2D eigenvalue weighted by Gasteiger charge is 2.29. The van der Waals surface area contributed by atoms with E-state index in [2.05, 4.69) is 10.2 Å². The number of anilines is 2. The molecule has 3 aromatic rings. The van der Waals surface area contributed by atoms with Gasteiger partial charge in [0.05, 0.1) is 18.8 Å². The van der Waals surface area contributed by atoms with Gasteiger partial charge in [0, 0.05) is 61.5 Å². The maximum absolute atomic E-state index is 13.3. The molecule has 238 valence electrons. The summed E-state index contributed by atoms with van der Waals surface area (Å²) in [4.78, 5) is 42.4. The zero-order valence-corrected chi connectivity index (χ0v) is 26.4. The standard InChI is InChI=1S/C35H42N4O6/c1-23-11-12-25(37-33(41)24-7-5-8-26(21-24)38-17-19-43-20-18-38)22-29(23)31-28(32(36)40)9-6-10-30(31)44-27-13-15-39(16-14-27)34(42)45-35(2,3)4/h5-12,21-22,27H,13-20H2,1-4H3,(H2,36,40)(H,37,41). The lowest BCUT2D eigenvalue weighted by Crippen LogP contribution is -2.44. The van der Waals surface area contributed by atoms with Gasteiger partial charge in [-0.1, -0.05) is 18.2 Å². The van der Waals surface area contributed by atoms with Crippen molar-refractivity contribution < 1.29 is 28.6 Å². The quantitative estimate of drug-likeness (QED) is 0.354. The molecule has 3 amide bonds. The number of morpholine rings is 1. The molecule has 10 nitrogen and oxygen atoms in total. The molecule has 0 aromatic heterocycles. The Bertz CT molecular complexity index is 1550. The van der Waals surface area contributed by atoms with Gasteiger partial charge in [0.2, 0.25) is 5.91 Å². The lowest BCUT2D eigenvalue weighted by Gasteiger charge is -2.34. The van der Waals surface area contributed by atoms with Crippen LogP contribution in [0.25, 0.3) is 11.1 Å². The Morgan fingerprint density at radius 3 is 2.33 bits per heavy atom. The summed E-state index contributed by atoms with van der Waals surface area (Å²) in [5.41, 5.74) is 9.89. The van der Waals surface area contributed by atoms with E-state index in [1.807, 2.05) is 70.2 Å². The third kappa shape index (κ3) is 7.94. The summed E-state index contributed by atoms with van der Waals surface area (Å²) < 4.78 is 17.5. The summed E-state index contributed by atoms with van der Waals surface area (Å²) in [5, 5.41) is 3.02. The second-order valence-electron chi connectivity index (χ2n) is 12.5. The second-order valence-corrected chi connectivity index (χ2v) is 12.5. The molecule has 0 radical (unpaired) electrons. The average molecular weight is 615 g/mol. The molecule has 0 aliphatic carbocycles. The molecule has 3 aromatic carbocycles. The molecule has 2 aliphatic heterocycles. The number of nitrogens with two attached hydrogens (primary N) is 1. The van der Waals surface area contributed by atoms with Crippen molar-refractivity contribution >= 4 is 29.3 Å². The number of likely N-dealkylation sites (tertiary alicyclic amines) is 1. The van der Waals surface area contributed by atoms with Gasteiger partial charge in [-0.3, -0.25) is 9.59 Å². The molecule has 10 heteroatoms. The van der Waals surface area contributed by atoms with Crippen LogP contribution in [0.2, 0.25) is 0 Å². The van der Waals surface area contributed by atoms with Crippen molar-refractivity contribution in [3.8, 4) is 16.9 Å². The molecule has 2 saturated heterocycles. The zero-order chi connectivity index (χ0) is 32.1. The highest BCUT2D eigenvalue weighted by molar-refractivity contribution is 6.06. The van der Waals surface area contributed by atoms with E-state index in [1.54, 1.807) is 23.1 Å². The van der Waals surface area contributed by atoms with E-state index < -0.39 is 11.5 Å². The summed E-state index contributed by atoms with van der Waals surface area (Å²) >= 11 is 0. The Morgan fingerprint density at radius 1 is 0.933 bits per heavy atom. The number of benzene rings is 3. The third-order valence-electron chi connectivity index (χ3n) is 7.93. The third-order valence-corrected chi connectivity index (χ3v) is 7.93. The number of aryl methyl sites for hydroxylation is 1. The lowest BCUT2D eigenvalue weighted by atomic mass is 9.93. The van der Waals surface area contributed by atoms with Gasteiger partial charge in [0.15, 0.2) is 0 Å². The number of nitrogens with one attached hydrogen (secondary N) is 1. The Labute approximate surface area is 264 Å². The van der Waals surface area contributed by atoms with Crippen LogP contribution in [0, 0.1) is 6.92 Å². The number of rotatable bonds is 7. The molecule has 2 fully saturated rings. The number of carbonyl (C=O) groups excluding carboxylic acids is 3. The molecule has 45 heavy (non-hydrogen) atoms. The molecular formula is C35H42N4O6. The number of amides is 3. The fourth-order valence-electron chi connectivity index (χ4n) is 5.61. The number of ether oxygens (including phenoxy) is 3. The van der Waals surface area contributed by atoms with E-state index in [9.17, 15) is 14.4 Å². The summed E-state index contributed by atoms with van der Waals surface area (Å²) in [6.07, 6.45) is 0.711. The van der Waals surface area contributed by atoms with Crippen molar-refractivity contribution in [2.75, 3.05) is 49.6 Å². The Kier molecular flexibility index (Phi) is 9.63. The normalized spacial score (nSPS) is 15.8. The smallest absolute Gasteiger partial charge is 0.410 e. The molecule has 5 rings (SSSR count). The largest absolute Gasteiger partial charge is 0.490 e. The molecule has 0 atom stereocenters. The van der Waals surface area contributed by atoms with Gasteiger partial charge in [-0.2, -0.15) is 0 Å². The van der Waals surface area contributed by atoms with Crippen LogP contribution in [0.1, 0.15) is 59.9 Å². The summed E-state index contributed by atoms with van der Waals surface area (Å²) in [7, 11) is 0. The summed E-state index contributed by atoms with van der Waals surface area (Å²) in [5.74, 6) is -0.299. The van der Waals surface area contributed by atoms with Crippen molar-refractivity contribution in [1.29, 1.82) is 0 Å². The van der Waals surface area contributed by atoms with Gasteiger partial charge >= 0.3 is 6.09 Å². The highest BCUT2D eigenvalue weighted by Crippen LogP contribution is 2.38. The minimum atomic E-state index is -0.580. The Hall–Kier alpha value is -4.57. The van der Waals surface area contributed by atoms with E-state index in [0.29, 0.717) is 67.3 Å². The summed E-state index contributed by atoms with van der Waals surface area (Å²) in [6.45, 7) is 11.3. The van der Waals surface area contributed by atoms with Crippen molar-refractivity contribution in [2.24, 2.45) is 5.73 Å². The van der Waals surface area contributed by atoms with E-state index in [1.165, 1.54) is 0 Å². The van der Waals surface area contributed by atoms with E-state index >= 15 is 0 Å².